The largest absolute Gasteiger partial charge is 0.236 e. The van der Waals surface area contributed by atoms with E-state index in [1.807, 2.05) is 24.3 Å². The van der Waals surface area contributed by atoms with Crippen molar-refractivity contribution in [1.82, 2.24) is 19.9 Å². The molecule has 0 spiro atoms. The molecule has 6 heteroatoms. The van der Waals surface area contributed by atoms with Crippen molar-refractivity contribution in [2.24, 2.45) is 0 Å². The molecule has 52 heavy (non-hydrogen) atoms. The van der Waals surface area contributed by atoms with Crippen LogP contribution in [0.1, 0.15) is 0 Å². The molecule has 0 saturated heterocycles. The average Bonchev–Trinajstić information content (AvgIpc) is 3.83. The molecule has 7 aromatic carbocycles. The first-order chi connectivity index (χ1) is 25.8. The lowest BCUT2D eigenvalue weighted by Gasteiger charge is -2.10. The molecule has 0 amide bonds. The molecule has 3 heterocycles. The van der Waals surface area contributed by atoms with E-state index in [0.29, 0.717) is 17.5 Å². The van der Waals surface area contributed by atoms with Gasteiger partial charge in [-0.3, -0.25) is 0 Å². The predicted molar refractivity (Wildman–Crippen MR) is 219 cm³/mol. The first-order valence-corrected chi connectivity index (χ1v) is 18.8. The number of fused-ring (bicyclic) bond motifs is 4. The molecular formula is C46H28N4S2. The molecule has 244 valence electrons. The van der Waals surface area contributed by atoms with Gasteiger partial charge in [-0.25, -0.2) is 19.9 Å². The van der Waals surface area contributed by atoms with Gasteiger partial charge in [0, 0.05) is 42.4 Å². The summed E-state index contributed by atoms with van der Waals surface area (Å²) >= 11 is 3.54. The van der Waals surface area contributed by atoms with Crippen molar-refractivity contribution in [3.05, 3.63) is 170 Å². The van der Waals surface area contributed by atoms with Crippen LogP contribution >= 0.6 is 22.7 Å². The zero-order valence-corrected chi connectivity index (χ0v) is 29.4. The molecule has 0 aliphatic rings. The van der Waals surface area contributed by atoms with E-state index in [1.54, 1.807) is 22.7 Å². The van der Waals surface area contributed by atoms with Gasteiger partial charge in [0.1, 0.15) is 5.01 Å². The van der Waals surface area contributed by atoms with Crippen LogP contribution in [-0.2, 0) is 0 Å². The summed E-state index contributed by atoms with van der Waals surface area (Å²) in [6.45, 7) is 0. The Morgan fingerprint density at radius 1 is 0.346 bits per heavy atom. The van der Waals surface area contributed by atoms with Gasteiger partial charge < -0.3 is 0 Å². The highest BCUT2D eigenvalue weighted by Gasteiger charge is 2.22. The molecule has 0 saturated carbocycles. The fourth-order valence-corrected chi connectivity index (χ4v) is 9.35. The number of thiazole rings is 1. The number of thiophene rings is 1. The summed E-state index contributed by atoms with van der Waals surface area (Å²) in [5, 5.41) is 3.39. The summed E-state index contributed by atoms with van der Waals surface area (Å²) in [6, 6.07) is 59.0. The second-order valence-corrected chi connectivity index (χ2v) is 14.7. The summed E-state index contributed by atoms with van der Waals surface area (Å²) in [5.41, 5.74) is 9.66. The third-order valence-electron chi connectivity index (χ3n) is 9.40. The molecule has 0 radical (unpaired) electrons. The van der Waals surface area contributed by atoms with Gasteiger partial charge >= 0.3 is 0 Å². The second kappa shape index (κ2) is 12.8. The van der Waals surface area contributed by atoms with Crippen molar-refractivity contribution in [2.75, 3.05) is 0 Å². The molecule has 0 aliphatic heterocycles. The molecule has 0 N–H and O–H groups in total. The maximum Gasteiger partial charge on any atom is 0.165 e. The van der Waals surface area contributed by atoms with Crippen molar-refractivity contribution in [1.29, 1.82) is 0 Å². The van der Waals surface area contributed by atoms with Crippen LogP contribution in [0.5, 0.6) is 0 Å². The number of nitrogens with zero attached hydrogens (tertiary/aromatic N) is 4. The topological polar surface area (TPSA) is 51.6 Å². The number of para-hydroxylation sites is 1. The van der Waals surface area contributed by atoms with Crippen LogP contribution in [0.25, 0.3) is 97.4 Å². The first kappa shape index (κ1) is 30.5. The molecule has 4 nitrogen and oxygen atoms in total. The number of hydrogen-bond acceptors (Lipinski definition) is 6. The molecule has 0 unspecified atom stereocenters. The lowest BCUT2D eigenvalue weighted by Crippen LogP contribution is -2.00. The van der Waals surface area contributed by atoms with E-state index >= 15 is 0 Å². The van der Waals surface area contributed by atoms with Crippen LogP contribution in [0.4, 0.5) is 0 Å². The van der Waals surface area contributed by atoms with Crippen LogP contribution in [0.2, 0.25) is 0 Å². The molecule has 0 aliphatic carbocycles. The van der Waals surface area contributed by atoms with Gasteiger partial charge in [-0.1, -0.05) is 146 Å². The van der Waals surface area contributed by atoms with Gasteiger partial charge in [-0.05, 0) is 46.5 Å². The van der Waals surface area contributed by atoms with E-state index in [1.165, 1.54) is 31.3 Å². The first-order valence-electron chi connectivity index (χ1n) is 17.1. The molecular weight excluding hydrogens is 673 g/mol. The quantitative estimate of drug-likeness (QED) is 0.173. The number of aromatic nitrogens is 4. The SMILES string of the molecule is c1ccc(-c2cccc(-c3nc(-c4ccccc4)nc(-c4cccc5c4sc4c(-c6nc7ccccc7s6)c(-c6ccccc6)ccc45)n3)c2)cc1. The Morgan fingerprint density at radius 2 is 0.942 bits per heavy atom. The second-order valence-electron chi connectivity index (χ2n) is 12.6. The third-order valence-corrected chi connectivity index (χ3v) is 11.7. The van der Waals surface area contributed by atoms with Crippen LogP contribution in [-0.4, -0.2) is 19.9 Å². The van der Waals surface area contributed by atoms with E-state index in [4.69, 9.17) is 19.9 Å². The standard InChI is InChI=1S/C46H28N4S2/c1-4-14-29(15-5-1)32-20-12-21-33(28-32)44-48-43(31-18-8-3-9-19-31)49-45(50-44)37-23-13-22-35-36-27-26-34(30-16-6-2-7-17-30)40(42(36)52-41(35)37)46-47-38-24-10-11-25-39(38)51-46/h1-28H. The molecule has 0 atom stereocenters. The van der Waals surface area contributed by atoms with Crippen LogP contribution < -0.4 is 0 Å². The maximum absolute atomic E-state index is 5.20. The Kier molecular flexibility index (Phi) is 7.48. The van der Waals surface area contributed by atoms with Crippen LogP contribution in [0.15, 0.2) is 170 Å². The predicted octanol–water partition coefficient (Wildman–Crippen LogP) is 12.9. The molecule has 10 rings (SSSR count). The normalized spacial score (nSPS) is 11.5. The van der Waals surface area contributed by atoms with Crippen LogP contribution in [0, 0.1) is 0 Å². The van der Waals surface area contributed by atoms with E-state index in [2.05, 4.69) is 146 Å². The highest BCUT2D eigenvalue weighted by molar-refractivity contribution is 7.27. The summed E-state index contributed by atoms with van der Waals surface area (Å²) in [6.07, 6.45) is 0. The summed E-state index contributed by atoms with van der Waals surface area (Å²) in [7, 11) is 0. The van der Waals surface area contributed by atoms with Gasteiger partial charge in [0.05, 0.1) is 10.2 Å². The van der Waals surface area contributed by atoms with Crippen molar-refractivity contribution >= 4 is 53.1 Å². The van der Waals surface area contributed by atoms with Crippen molar-refractivity contribution in [3.8, 4) is 67.0 Å². The molecule has 10 aromatic rings. The minimum atomic E-state index is 0.640. The van der Waals surface area contributed by atoms with Gasteiger partial charge in [-0.15, -0.1) is 22.7 Å². The average molecular weight is 701 g/mol. The Hall–Kier alpha value is -6.34. The Morgan fingerprint density at radius 3 is 1.71 bits per heavy atom. The Bertz CT molecular complexity index is 2870. The van der Waals surface area contributed by atoms with Gasteiger partial charge in [0.25, 0.3) is 0 Å². The fourth-order valence-electron chi connectivity index (χ4n) is 6.90. The Balaban J connectivity index is 1.21. The molecule has 0 bridgehead atoms. The molecule has 3 aromatic heterocycles. The highest BCUT2D eigenvalue weighted by Crippen LogP contribution is 2.48. The fraction of sp³-hybridized carbons (Fsp3) is 0. The highest BCUT2D eigenvalue weighted by atomic mass is 32.1. The number of rotatable bonds is 6. The summed E-state index contributed by atoms with van der Waals surface area (Å²) in [5.74, 6) is 1.93. The third kappa shape index (κ3) is 5.37. The summed E-state index contributed by atoms with van der Waals surface area (Å²) in [4.78, 5) is 20.6. The van der Waals surface area contributed by atoms with Gasteiger partial charge in [0.2, 0.25) is 0 Å². The lowest BCUT2D eigenvalue weighted by molar-refractivity contribution is 1.08. The minimum absolute atomic E-state index is 0.640. The smallest absolute Gasteiger partial charge is 0.165 e. The number of benzene rings is 7. The van der Waals surface area contributed by atoms with Gasteiger partial charge in [-0.2, -0.15) is 0 Å². The maximum atomic E-state index is 5.20. The van der Waals surface area contributed by atoms with E-state index < -0.39 is 0 Å². The van der Waals surface area contributed by atoms with Crippen molar-refractivity contribution in [3.63, 3.8) is 0 Å². The van der Waals surface area contributed by atoms with Crippen molar-refractivity contribution in [2.45, 2.75) is 0 Å². The van der Waals surface area contributed by atoms with Crippen molar-refractivity contribution < 1.29 is 0 Å². The zero-order valence-electron chi connectivity index (χ0n) is 27.8. The van der Waals surface area contributed by atoms with Gasteiger partial charge in [0.15, 0.2) is 17.5 Å². The van der Waals surface area contributed by atoms with E-state index in [0.717, 1.165) is 48.6 Å². The number of hydrogen-bond donors (Lipinski definition) is 0. The zero-order chi connectivity index (χ0) is 34.4. The van der Waals surface area contributed by atoms with E-state index in [9.17, 15) is 0 Å². The summed E-state index contributed by atoms with van der Waals surface area (Å²) < 4.78 is 3.52. The monoisotopic (exact) mass is 700 g/mol. The Labute approximate surface area is 308 Å². The molecule has 0 fully saturated rings. The van der Waals surface area contributed by atoms with Crippen LogP contribution in [0.3, 0.4) is 0 Å². The lowest BCUT2D eigenvalue weighted by atomic mass is 9.97. The minimum Gasteiger partial charge on any atom is -0.236 e. The van der Waals surface area contributed by atoms with E-state index in [-0.39, 0.29) is 0 Å².